The highest BCUT2D eigenvalue weighted by atomic mass is 16.5. The van der Waals surface area contributed by atoms with E-state index in [0.29, 0.717) is 6.61 Å². The molecule has 4 heteroatoms. The first-order chi connectivity index (χ1) is 12.7. The van der Waals surface area contributed by atoms with Crippen molar-refractivity contribution in [3.05, 3.63) is 71.3 Å². The van der Waals surface area contributed by atoms with Gasteiger partial charge in [-0.15, -0.1) is 0 Å². The summed E-state index contributed by atoms with van der Waals surface area (Å²) in [6, 6.07) is 16.4. The fourth-order valence-corrected chi connectivity index (χ4v) is 3.34. The van der Waals surface area contributed by atoms with Crippen molar-refractivity contribution in [2.24, 2.45) is 0 Å². The van der Waals surface area contributed by atoms with Crippen molar-refractivity contribution in [3.63, 3.8) is 0 Å². The maximum Gasteiger partial charge on any atom is 0.330 e. The van der Waals surface area contributed by atoms with E-state index in [2.05, 4.69) is 30.3 Å². The minimum atomic E-state index is -0.386. The Hall–Kier alpha value is -2.59. The predicted molar refractivity (Wildman–Crippen MR) is 101 cm³/mol. The van der Waals surface area contributed by atoms with Crippen LogP contribution in [-0.4, -0.2) is 32.9 Å². The third kappa shape index (κ3) is 4.33. The van der Waals surface area contributed by atoms with Crippen molar-refractivity contribution >= 4 is 11.5 Å². The van der Waals surface area contributed by atoms with Crippen LogP contribution < -0.4 is 4.74 Å². The van der Waals surface area contributed by atoms with Crippen molar-refractivity contribution < 1.29 is 19.0 Å². The van der Waals surface area contributed by atoms with Gasteiger partial charge in [0, 0.05) is 11.6 Å². The van der Waals surface area contributed by atoms with Crippen LogP contribution >= 0.6 is 0 Å². The second-order valence-corrected chi connectivity index (χ2v) is 6.35. The Kier molecular flexibility index (Phi) is 6.08. The van der Waals surface area contributed by atoms with E-state index < -0.39 is 0 Å². The van der Waals surface area contributed by atoms with Crippen molar-refractivity contribution in [2.75, 3.05) is 20.8 Å². The average Bonchev–Trinajstić information content (AvgIpc) is 2.86. The minimum Gasteiger partial charge on any atom is -0.496 e. The number of carbonyl (C=O) groups is 1. The molecule has 0 saturated carbocycles. The molecule has 2 aromatic rings. The number of fused-ring (bicyclic) bond motifs is 1. The highest BCUT2D eigenvalue weighted by molar-refractivity contribution is 5.93. The summed E-state index contributed by atoms with van der Waals surface area (Å²) in [5.74, 6) is 0.369. The molecule has 0 amide bonds. The fraction of sp³-hybridized carbons (Fsp3) is 0.318. The lowest BCUT2D eigenvalue weighted by molar-refractivity contribution is -0.134. The summed E-state index contributed by atoms with van der Waals surface area (Å²) in [5, 5.41) is 0. The number of rotatable bonds is 5. The van der Waals surface area contributed by atoms with Gasteiger partial charge in [0.05, 0.1) is 26.9 Å². The first kappa shape index (κ1) is 18.2. The molecule has 1 heterocycles. The number of ether oxygens (including phenoxy) is 3. The molecule has 0 aromatic heterocycles. The first-order valence-corrected chi connectivity index (χ1v) is 8.81. The molecule has 26 heavy (non-hydrogen) atoms. The number of esters is 1. The molecule has 0 bridgehead atoms. The number of carbonyl (C=O) groups excluding carboxylic acids is 1. The molecule has 3 rings (SSSR count). The number of hydrogen-bond acceptors (Lipinski definition) is 4. The summed E-state index contributed by atoms with van der Waals surface area (Å²) < 4.78 is 16.5. The zero-order valence-corrected chi connectivity index (χ0v) is 15.2. The molecule has 1 aliphatic heterocycles. The Labute approximate surface area is 154 Å². The summed E-state index contributed by atoms with van der Waals surface area (Å²) in [4.78, 5) is 11.8. The zero-order valence-electron chi connectivity index (χ0n) is 15.2. The van der Waals surface area contributed by atoms with E-state index in [9.17, 15) is 4.79 Å². The zero-order chi connectivity index (χ0) is 18.4. The van der Waals surface area contributed by atoms with Crippen molar-refractivity contribution in [1.82, 2.24) is 0 Å². The Morgan fingerprint density at radius 1 is 1.15 bits per heavy atom. The lowest BCUT2D eigenvalue weighted by Crippen LogP contribution is -2.16. The molecule has 0 unspecified atom stereocenters. The normalized spacial score (nSPS) is 18.1. The van der Waals surface area contributed by atoms with E-state index in [0.717, 1.165) is 41.7 Å². The molecule has 1 aliphatic rings. The van der Waals surface area contributed by atoms with Crippen molar-refractivity contribution in [1.29, 1.82) is 0 Å². The van der Waals surface area contributed by atoms with Crippen LogP contribution in [0.5, 0.6) is 5.75 Å². The first-order valence-electron chi connectivity index (χ1n) is 8.81. The van der Waals surface area contributed by atoms with E-state index in [1.165, 1.54) is 18.7 Å². The molecular weight excluding hydrogens is 328 g/mol. The van der Waals surface area contributed by atoms with Crippen LogP contribution in [0.25, 0.3) is 5.57 Å². The number of aryl methyl sites for hydroxylation is 1. The van der Waals surface area contributed by atoms with Gasteiger partial charge in [0.1, 0.15) is 5.75 Å². The van der Waals surface area contributed by atoms with Gasteiger partial charge in [0.15, 0.2) is 0 Å². The Balaban J connectivity index is 1.85. The smallest absolute Gasteiger partial charge is 0.330 e. The van der Waals surface area contributed by atoms with Crippen LogP contribution in [0, 0.1) is 0 Å². The molecule has 0 saturated heterocycles. The van der Waals surface area contributed by atoms with E-state index >= 15 is 0 Å². The molecule has 4 nitrogen and oxygen atoms in total. The Morgan fingerprint density at radius 3 is 2.69 bits per heavy atom. The van der Waals surface area contributed by atoms with Crippen LogP contribution in [0.2, 0.25) is 0 Å². The largest absolute Gasteiger partial charge is 0.496 e. The monoisotopic (exact) mass is 352 g/mol. The number of benzene rings is 2. The van der Waals surface area contributed by atoms with Crippen molar-refractivity contribution in [2.45, 2.75) is 25.4 Å². The van der Waals surface area contributed by atoms with Gasteiger partial charge in [-0.05, 0) is 42.0 Å². The SMILES string of the molecule is COC(=O)/C=C1\CO[C@H](CCc2ccccc2)Cc2cccc(OC)c21. The summed E-state index contributed by atoms with van der Waals surface area (Å²) in [5.41, 5.74) is 4.18. The average molecular weight is 352 g/mol. The summed E-state index contributed by atoms with van der Waals surface area (Å²) in [6.45, 7) is 0.363. The predicted octanol–water partition coefficient (Wildman–Crippen LogP) is 3.83. The Morgan fingerprint density at radius 2 is 1.96 bits per heavy atom. The molecule has 0 spiro atoms. The second kappa shape index (κ2) is 8.68. The van der Waals surface area contributed by atoms with E-state index in [-0.39, 0.29) is 12.1 Å². The van der Waals surface area contributed by atoms with Gasteiger partial charge in [-0.2, -0.15) is 0 Å². The summed E-state index contributed by atoms with van der Waals surface area (Å²) in [7, 11) is 3.02. The third-order valence-corrected chi connectivity index (χ3v) is 4.67. The molecule has 0 N–H and O–H groups in total. The van der Waals surface area contributed by atoms with Gasteiger partial charge >= 0.3 is 5.97 Å². The van der Waals surface area contributed by atoms with Crippen LogP contribution in [0.15, 0.2) is 54.6 Å². The quantitative estimate of drug-likeness (QED) is 0.606. The molecule has 0 fully saturated rings. The molecular formula is C22H24O4. The molecule has 0 radical (unpaired) electrons. The Bertz CT molecular complexity index is 780. The standard InChI is InChI=1S/C22H24O4/c1-24-20-10-6-9-17-13-19(12-11-16-7-4-3-5-8-16)26-15-18(22(17)20)14-21(23)25-2/h3-10,14,19H,11-13,15H2,1-2H3/b18-14+/t19-/m1/s1. The van der Waals surface area contributed by atoms with Gasteiger partial charge in [0.2, 0.25) is 0 Å². The topological polar surface area (TPSA) is 44.8 Å². The number of methoxy groups -OCH3 is 2. The maximum absolute atomic E-state index is 11.8. The highest BCUT2D eigenvalue weighted by Crippen LogP contribution is 2.34. The van der Waals surface area contributed by atoms with E-state index in [4.69, 9.17) is 14.2 Å². The maximum atomic E-state index is 11.8. The molecule has 0 aliphatic carbocycles. The van der Waals surface area contributed by atoms with E-state index in [1.807, 2.05) is 18.2 Å². The molecule has 1 atom stereocenters. The fourth-order valence-electron chi connectivity index (χ4n) is 3.34. The second-order valence-electron chi connectivity index (χ2n) is 6.35. The lowest BCUT2D eigenvalue weighted by Gasteiger charge is -2.15. The van der Waals surface area contributed by atoms with E-state index in [1.54, 1.807) is 7.11 Å². The van der Waals surface area contributed by atoms with Gasteiger partial charge in [-0.25, -0.2) is 4.79 Å². The van der Waals surface area contributed by atoms with Gasteiger partial charge in [-0.3, -0.25) is 0 Å². The minimum absolute atomic E-state index is 0.0876. The summed E-state index contributed by atoms with van der Waals surface area (Å²) in [6.07, 6.45) is 4.26. The number of hydrogen-bond donors (Lipinski definition) is 0. The molecule has 2 aromatic carbocycles. The van der Waals surface area contributed by atoms with Gasteiger partial charge in [0.25, 0.3) is 0 Å². The van der Waals surface area contributed by atoms with Crippen LogP contribution in [0.4, 0.5) is 0 Å². The summed E-state index contributed by atoms with van der Waals surface area (Å²) >= 11 is 0. The highest BCUT2D eigenvalue weighted by Gasteiger charge is 2.23. The van der Waals surface area contributed by atoms with Crippen LogP contribution in [0.1, 0.15) is 23.1 Å². The van der Waals surface area contributed by atoms with Gasteiger partial charge in [-0.1, -0.05) is 42.5 Å². The van der Waals surface area contributed by atoms with Crippen LogP contribution in [0.3, 0.4) is 0 Å². The van der Waals surface area contributed by atoms with Crippen molar-refractivity contribution in [3.8, 4) is 5.75 Å². The molecule has 136 valence electrons. The van der Waals surface area contributed by atoms with Crippen LogP contribution in [-0.2, 0) is 27.1 Å². The van der Waals surface area contributed by atoms with Gasteiger partial charge < -0.3 is 14.2 Å². The third-order valence-electron chi connectivity index (χ3n) is 4.67. The lowest BCUT2D eigenvalue weighted by atomic mass is 9.94.